The van der Waals surface area contributed by atoms with E-state index in [1.165, 1.54) is 26.4 Å². The molecule has 0 spiro atoms. The van der Waals surface area contributed by atoms with Crippen LogP contribution in [0.15, 0.2) is 42.0 Å². The smallest absolute Gasteiger partial charge is 0.266 e. The summed E-state index contributed by atoms with van der Waals surface area (Å²) in [5.74, 6) is 0.339. The fourth-order valence-electron chi connectivity index (χ4n) is 2.54. The Hall–Kier alpha value is -3.70. The highest BCUT2D eigenvalue weighted by molar-refractivity contribution is 6.32. The number of hydrogen-bond donors (Lipinski definition) is 2. The molecule has 2 aromatic rings. The van der Waals surface area contributed by atoms with Crippen molar-refractivity contribution in [3.05, 3.63) is 52.6 Å². The summed E-state index contributed by atoms with van der Waals surface area (Å²) in [5, 5.41) is 15.0. The molecule has 0 aromatic heterocycles. The van der Waals surface area contributed by atoms with Crippen molar-refractivity contribution in [1.29, 1.82) is 5.26 Å². The van der Waals surface area contributed by atoms with E-state index in [0.29, 0.717) is 40.1 Å². The van der Waals surface area contributed by atoms with E-state index in [1.54, 1.807) is 30.3 Å². The number of amides is 2. The quantitative estimate of drug-likeness (QED) is 0.454. The van der Waals surface area contributed by atoms with Gasteiger partial charge >= 0.3 is 0 Å². The molecule has 9 heteroatoms. The second-order valence-corrected chi connectivity index (χ2v) is 6.53. The van der Waals surface area contributed by atoms with Crippen LogP contribution in [0.2, 0.25) is 5.02 Å². The van der Waals surface area contributed by atoms with Crippen LogP contribution in [0, 0.1) is 11.3 Å². The van der Waals surface area contributed by atoms with Crippen LogP contribution in [0.5, 0.6) is 17.2 Å². The van der Waals surface area contributed by atoms with Crippen molar-refractivity contribution < 1.29 is 23.8 Å². The van der Waals surface area contributed by atoms with Crippen LogP contribution in [0.3, 0.4) is 0 Å². The lowest BCUT2D eigenvalue weighted by molar-refractivity contribution is -0.123. The van der Waals surface area contributed by atoms with E-state index in [-0.39, 0.29) is 18.1 Å². The average Bonchev–Trinajstić information content (AvgIpc) is 2.76. The number of benzene rings is 2. The fraction of sp³-hybridized carbons (Fsp3) is 0.227. The highest BCUT2D eigenvalue weighted by Gasteiger charge is 2.13. The van der Waals surface area contributed by atoms with E-state index in [2.05, 4.69) is 10.6 Å². The van der Waals surface area contributed by atoms with E-state index < -0.39 is 5.91 Å². The molecular weight excluding hydrogens is 422 g/mol. The molecule has 0 fully saturated rings. The molecule has 2 N–H and O–H groups in total. The number of anilines is 1. The zero-order valence-corrected chi connectivity index (χ0v) is 18.1. The number of nitriles is 1. The van der Waals surface area contributed by atoms with Gasteiger partial charge in [0.25, 0.3) is 11.8 Å². The molecule has 2 aromatic carbocycles. The van der Waals surface area contributed by atoms with Crippen molar-refractivity contribution in [2.24, 2.45) is 0 Å². The summed E-state index contributed by atoms with van der Waals surface area (Å²) in [6, 6.07) is 11.5. The van der Waals surface area contributed by atoms with Gasteiger partial charge < -0.3 is 24.8 Å². The Morgan fingerprint density at radius 2 is 1.81 bits per heavy atom. The third-order valence-electron chi connectivity index (χ3n) is 4.01. The van der Waals surface area contributed by atoms with Crippen molar-refractivity contribution in [1.82, 2.24) is 5.32 Å². The van der Waals surface area contributed by atoms with E-state index in [0.717, 1.165) is 0 Å². The fourth-order valence-corrected chi connectivity index (χ4v) is 2.80. The first-order valence-electron chi connectivity index (χ1n) is 9.26. The second-order valence-electron chi connectivity index (χ2n) is 6.13. The highest BCUT2D eigenvalue weighted by atomic mass is 35.5. The Labute approximate surface area is 185 Å². The summed E-state index contributed by atoms with van der Waals surface area (Å²) in [4.78, 5) is 24.1. The summed E-state index contributed by atoms with van der Waals surface area (Å²) in [7, 11) is 2.94. The van der Waals surface area contributed by atoms with Crippen LogP contribution < -0.4 is 24.8 Å². The SMILES string of the molecule is CCNC(=O)COc1ccc(/C=C(\C#N)C(=O)Nc2ccc(OC)c(Cl)c2)cc1OC. The summed E-state index contributed by atoms with van der Waals surface area (Å²) < 4.78 is 15.8. The molecule has 0 heterocycles. The molecule has 0 unspecified atom stereocenters. The number of carbonyl (C=O) groups excluding carboxylic acids is 2. The number of methoxy groups -OCH3 is 2. The maximum Gasteiger partial charge on any atom is 0.266 e. The van der Waals surface area contributed by atoms with Gasteiger partial charge in [0, 0.05) is 12.2 Å². The molecule has 0 aliphatic rings. The van der Waals surface area contributed by atoms with Gasteiger partial charge in [-0.15, -0.1) is 0 Å². The van der Waals surface area contributed by atoms with Crippen LogP contribution in [-0.2, 0) is 9.59 Å². The lowest BCUT2D eigenvalue weighted by atomic mass is 10.1. The topological polar surface area (TPSA) is 110 Å². The normalized spacial score (nSPS) is 10.6. The number of halogens is 1. The number of nitrogens with one attached hydrogen (secondary N) is 2. The molecule has 31 heavy (non-hydrogen) atoms. The van der Waals surface area contributed by atoms with Crippen LogP contribution in [0.1, 0.15) is 12.5 Å². The van der Waals surface area contributed by atoms with Gasteiger partial charge in [-0.05, 0) is 48.9 Å². The van der Waals surface area contributed by atoms with Crippen molar-refractivity contribution in [2.45, 2.75) is 6.92 Å². The molecule has 0 saturated carbocycles. The summed E-state index contributed by atoms with van der Waals surface area (Å²) >= 11 is 6.06. The number of hydrogen-bond acceptors (Lipinski definition) is 6. The molecule has 8 nitrogen and oxygen atoms in total. The van der Waals surface area contributed by atoms with Crippen LogP contribution in [0.4, 0.5) is 5.69 Å². The van der Waals surface area contributed by atoms with E-state index >= 15 is 0 Å². The largest absolute Gasteiger partial charge is 0.495 e. The predicted octanol–water partition coefficient (Wildman–Crippen LogP) is 3.42. The Morgan fingerprint density at radius 1 is 1.10 bits per heavy atom. The summed E-state index contributed by atoms with van der Waals surface area (Å²) in [6.45, 7) is 2.16. The lowest BCUT2D eigenvalue weighted by Gasteiger charge is -2.11. The van der Waals surface area contributed by atoms with E-state index in [1.807, 2.05) is 13.0 Å². The van der Waals surface area contributed by atoms with Gasteiger partial charge in [0.1, 0.15) is 17.4 Å². The Balaban J connectivity index is 2.17. The monoisotopic (exact) mass is 443 g/mol. The standard InChI is InChI=1S/C22H22ClN3O5/c1-4-25-21(27)13-31-19-7-5-14(10-20(19)30-3)9-15(12-24)22(28)26-16-6-8-18(29-2)17(23)11-16/h5-11H,4,13H2,1-3H3,(H,25,27)(H,26,28)/b15-9+. The molecule has 162 valence electrons. The third kappa shape index (κ3) is 6.66. The minimum Gasteiger partial charge on any atom is -0.495 e. The molecule has 0 radical (unpaired) electrons. The number of carbonyl (C=O) groups is 2. The van der Waals surface area contributed by atoms with Gasteiger partial charge in [-0.25, -0.2) is 0 Å². The number of nitrogens with zero attached hydrogens (tertiary/aromatic N) is 1. The maximum atomic E-state index is 12.5. The first-order valence-corrected chi connectivity index (χ1v) is 9.63. The summed E-state index contributed by atoms with van der Waals surface area (Å²) in [5.41, 5.74) is 0.843. The van der Waals surface area contributed by atoms with Gasteiger partial charge in [0.15, 0.2) is 18.1 Å². The van der Waals surface area contributed by atoms with Gasteiger partial charge in [-0.2, -0.15) is 5.26 Å². The lowest BCUT2D eigenvalue weighted by Crippen LogP contribution is -2.28. The Kier molecular flexibility index (Phi) is 8.73. The zero-order chi connectivity index (χ0) is 22.8. The zero-order valence-electron chi connectivity index (χ0n) is 17.3. The van der Waals surface area contributed by atoms with Crippen molar-refractivity contribution in [3.8, 4) is 23.3 Å². The van der Waals surface area contributed by atoms with Gasteiger partial charge in [-0.3, -0.25) is 9.59 Å². The highest BCUT2D eigenvalue weighted by Crippen LogP contribution is 2.30. The van der Waals surface area contributed by atoms with Gasteiger partial charge in [-0.1, -0.05) is 17.7 Å². The third-order valence-corrected chi connectivity index (χ3v) is 4.30. The minimum atomic E-state index is -0.598. The first kappa shape index (κ1) is 23.6. The molecule has 2 amide bonds. The Morgan fingerprint density at radius 3 is 2.42 bits per heavy atom. The predicted molar refractivity (Wildman–Crippen MR) is 117 cm³/mol. The number of rotatable bonds is 9. The second kappa shape index (κ2) is 11.5. The summed E-state index contributed by atoms with van der Waals surface area (Å²) in [6.07, 6.45) is 1.41. The minimum absolute atomic E-state index is 0.120. The van der Waals surface area contributed by atoms with Crippen LogP contribution >= 0.6 is 11.6 Å². The average molecular weight is 444 g/mol. The van der Waals surface area contributed by atoms with Gasteiger partial charge in [0.2, 0.25) is 0 Å². The number of ether oxygens (including phenoxy) is 3. The molecular formula is C22H22ClN3O5. The van der Waals surface area contributed by atoms with E-state index in [4.69, 9.17) is 25.8 Å². The molecule has 2 rings (SSSR count). The van der Waals surface area contributed by atoms with E-state index in [9.17, 15) is 14.9 Å². The van der Waals surface area contributed by atoms with Crippen molar-refractivity contribution >= 4 is 35.2 Å². The number of likely N-dealkylation sites (N-methyl/N-ethyl adjacent to an activating group) is 1. The Bertz CT molecular complexity index is 1030. The van der Waals surface area contributed by atoms with Crippen LogP contribution in [0.25, 0.3) is 6.08 Å². The van der Waals surface area contributed by atoms with Crippen LogP contribution in [-0.4, -0.2) is 39.2 Å². The molecule has 0 aliphatic carbocycles. The van der Waals surface area contributed by atoms with Crippen molar-refractivity contribution in [3.63, 3.8) is 0 Å². The molecule has 0 aliphatic heterocycles. The first-order chi connectivity index (χ1) is 14.9. The molecule has 0 saturated heterocycles. The maximum absolute atomic E-state index is 12.5. The van der Waals surface area contributed by atoms with Gasteiger partial charge in [0.05, 0.1) is 19.2 Å². The molecule has 0 bridgehead atoms. The van der Waals surface area contributed by atoms with Crippen molar-refractivity contribution in [2.75, 3.05) is 32.7 Å². The molecule has 0 atom stereocenters.